The summed E-state index contributed by atoms with van der Waals surface area (Å²) in [4.78, 5) is 0. The fraction of sp³-hybridized carbons (Fsp3) is 0.800. The van der Waals surface area contributed by atoms with Gasteiger partial charge in [-0.3, -0.25) is 0 Å². The summed E-state index contributed by atoms with van der Waals surface area (Å²) in [6, 6.07) is 0. The zero-order valence-corrected chi connectivity index (χ0v) is 13.8. The van der Waals surface area contributed by atoms with Crippen molar-refractivity contribution in [3.05, 3.63) is 12.2 Å². The quantitative estimate of drug-likeness (QED) is 0.255. The number of unbranched alkanes of at least 4 members (excludes halogenated alkanes) is 5. The van der Waals surface area contributed by atoms with E-state index in [1.165, 1.54) is 64.2 Å². The number of rotatable bonds is 9. The van der Waals surface area contributed by atoms with Gasteiger partial charge < -0.3 is 0 Å². The van der Waals surface area contributed by atoms with E-state index >= 15 is 0 Å². The van der Waals surface area contributed by atoms with Gasteiger partial charge in [-0.25, -0.2) is 0 Å². The van der Waals surface area contributed by atoms with Gasteiger partial charge in [0.05, 0.1) is 0 Å². The normalized spacial score (nSPS) is 22.1. The van der Waals surface area contributed by atoms with E-state index in [2.05, 4.69) is 37.8 Å². The van der Waals surface area contributed by atoms with Crippen LogP contribution >= 0.6 is 0 Å². The van der Waals surface area contributed by atoms with Crippen LogP contribution in [0.25, 0.3) is 0 Å². The average molecular weight is 274 g/mol. The first-order chi connectivity index (χ1) is 9.88. The molecule has 0 aromatic rings. The third-order valence-corrected chi connectivity index (χ3v) is 4.47. The van der Waals surface area contributed by atoms with Crippen LogP contribution in [0.1, 0.15) is 90.9 Å². The molecule has 0 aromatic carbocycles. The molecule has 0 heterocycles. The first kappa shape index (κ1) is 17.4. The molecule has 0 nitrogen and oxygen atoms in total. The summed E-state index contributed by atoms with van der Waals surface area (Å²) in [6.07, 6.45) is 20.8. The second-order valence-corrected chi connectivity index (χ2v) is 6.27. The Hall–Kier alpha value is -0.700. The third kappa shape index (κ3) is 7.78. The van der Waals surface area contributed by atoms with Crippen LogP contribution in [0, 0.1) is 23.7 Å². The molecule has 1 saturated carbocycles. The first-order valence-corrected chi connectivity index (χ1v) is 9.00. The van der Waals surface area contributed by atoms with Crippen LogP contribution in [0.2, 0.25) is 0 Å². The predicted molar refractivity (Wildman–Crippen MR) is 90.6 cm³/mol. The van der Waals surface area contributed by atoms with E-state index < -0.39 is 0 Å². The molecule has 1 fully saturated rings. The Morgan fingerprint density at radius 2 is 1.80 bits per heavy atom. The minimum Gasteiger partial charge on any atom is -0.103 e. The highest BCUT2D eigenvalue weighted by Crippen LogP contribution is 2.35. The molecule has 0 saturated heterocycles. The highest BCUT2D eigenvalue weighted by molar-refractivity contribution is 5.00. The van der Waals surface area contributed by atoms with Gasteiger partial charge in [0.15, 0.2) is 0 Å². The smallest absolute Gasteiger partial charge is 0.00915 e. The van der Waals surface area contributed by atoms with Crippen molar-refractivity contribution < 1.29 is 0 Å². The number of allylic oxidation sites excluding steroid dienone is 2. The fourth-order valence-corrected chi connectivity index (χ4v) is 3.20. The van der Waals surface area contributed by atoms with Crippen LogP contribution in [-0.2, 0) is 0 Å². The molecule has 0 spiro atoms. The lowest BCUT2D eigenvalue weighted by Crippen LogP contribution is -2.04. The number of hydrogen-bond acceptors (Lipinski definition) is 0. The molecular weight excluding hydrogens is 240 g/mol. The Kier molecular flexibility index (Phi) is 10.5. The molecule has 1 aliphatic rings. The van der Waals surface area contributed by atoms with Crippen LogP contribution in [0.5, 0.6) is 0 Å². The van der Waals surface area contributed by atoms with E-state index in [4.69, 9.17) is 0 Å². The average Bonchev–Trinajstić information content (AvgIpc) is 2.90. The highest BCUT2D eigenvalue weighted by Gasteiger charge is 2.24. The van der Waals surface area contributed by atoms with E-state index in [9.17, 15) is 0 Å². The van der Waals surface area contributed by atoms with Crippen LogP contribution < -0.4 is 0 Å². The van der Waals surface area contributed by atoms with Gasteiger partial charge in [0.2, 0.25) is 0 Å². The monoisotopic (exact) mass is 274 g/mol. The minimum atomic E-state index is 0.856. The lowest BCUT2D eigenvalue weighted by molar-refractivity contribution is 0.431. The lowest BCUT2D eigenvalue weighted by Gasteiger charge is -2.14. The Bertz CT molecular complexity index is 302. The molecule has 20 heavy (non-hydrogen) atoms. The van der Waals surface area contributed by atoms with Crippen molar-refractivity contribution in [1.82, 2.24) is 0 Å². The third-order valence-electron chi connectivity index (χ3n) is 4.47. The van der Waals surface area contributed by atoms with Crippen molar-refractivity contribution in [2.24, 2.45) is 11.8 Å². The van der Waals surface area contributed by atoms with Crippen molar-refractivity contribution in [1.29, 1.82) is 0 Å². The molecule has 0 amide bonds. The minimum absolute atomic E-state index is 0.856. The molecule has 2 atom stereocenters. The maximum absolute atomic E-state index is 3.35. The zero-order chi connectivity index (χ0) is 14.5. The molecule has 1 aliphatic carbocycles. The molecule has 0 aliphatic heterocycles. The summed E-state index contributed by atoms with van der Waals surface area (Å²) in [5.74, 6) is 8.40. The second-order valence-electron chi connectivity index (χ2n) is 6.27. The largest absolute Gasteiger partial charge is 0.103 e. The fourth-order valence-electron chi connectivity index (χ4n) is 3.20. The van der Waals surface area contributed by atoms with Gasteiger partial charge in [0, 0.05) is 12.8 Å². The van der Waals surface area contributed by atoms with Gasteiger partial charge in [-0.2, -0.15) is 0 Å². The Balaban J connectivity index is 2.17. The first-order valence-electron chi connectivity index (χ1n) is 9.00. The summed E-state index contributed by atoms with van der Waals surface area (Å²) in [5, 5.41) is 0. The summed E-state index contributed by atoms with van der Waals surface area (Å²) in [7, 11) is 0. The maximum atomic E-state index is 3.35. The topological polar surface area (TPSA) is 0 Å². The molecular formula is C20H34. The van der Waals surface area contributed by atoms with Crippen molar-refractivity contribution >= 4 is 0 Å². The van der Waals surface area contributed by atoms with E-state index in [0.29, 0.717) is 0 Å². The molecule has 1 rings (SSSR count). The zero-order valence-electron chi connectivity index (χ0n) is 13.8. The molecule has 0 heteroatoms. The molecule has 0 aromatic heterocycles. The van der Waals surface area contributed by atoms with Gasteiger partial charge in [0.25, 0.3) is 0 Å². The number of hydrogen-bond donors (Lipinski definition) is 0. The summed E-state index contributed by atoms with van der Waals surface area (Å²) in [6.45, 7) is 4.48. The van der Waals surface area contributed by atoms with Crippen LogP contribution in [0.15, 0.2) is 12.2 Å². The van der Waals surface area contributed by atoms with Crippen LogP contribution in [0.4, 0.5) is 0 Å². The summed E-state index contributed by atoms with van der Waals surface area (Å²) >= 11 is 0. The summed E-state index contributed by atoms with van der Waals surface area (Å²) in [5.41, 5.74) is 0. The molecule has 0 bridgehead atoms. The van der Waals surface area contributed by atoms with E-state index in [1.807, 2.05) is 0 Å². The van der Waals surface area contributed by atoms with Crippen molar-refractivity contribution in [2.45, 2.75) is 90.9 Å². The summed E-state index contributed by atoms with van der Waals surface area (Å²) < 4.78 is 0. The van der Waals surface area contributed by atoms with Crippen molar-refractivity contribution in [3.8, 4) is 11.8 Å². The van der Waals surface area contributed by atoms with Gasteiger partial charge in [0.1, 0.15) is 0 Å². The van der Waals surface area contributed by atoms with Gasteiger partial charge in [-0.1, -0.05) is 51.7 Å². The van der Waals surface area contributed by atoms with Gasteiger partial charge in [-0.05, 0) is 50.4 Å². The standard InChI is InChI=1S/C20H34/c1-3-5-7-9-11-13-16-20-18-14-17-19(20)15-12-10-8-6-4-2/h13,16,19-20H,3-7,9,11-12,14-15,17-18H2,1-2H3/t19-,20-/m0/s1. The highest BCUT2D eigenvalue weighted by atomic mass is 14.3. The van der Waals surface area contributed by atoms with Crippen molar-refractivity contribution in [3.63, 3.8) is 0 Å². The molecule has 114 valence electrons. The van der Waals surface area contributed by atoms with E-state index in [1.54, 1.807) is 0 Å². The lowest BCUT2D eigenvalue weighted by atomic mass is 9.91. The Morgan fingerprint density at radius 3 is 2.60 bits per heavy atom. The van der Waals surface area contributed by atoms with E-state index in [0.717, 1.165) is 24.7 Å². The maximum Gasteiger partial charge on any atom is 0.00915 e. The second kappa shape index (κ2) is 12.1. The predicted octanol–water partition coefficient (Wildman–Crippen LogP) is 6.51. The Labute approximate surface area is 127 Å². The molecule has 0 radical (unpaired) electrons. The Morgan fingerprint density at radius 1 is 0.950 bits per heavy atom. The molecule has 0 unspecified atom stereocenters. The molecule has 0 N–H and O–H groups in total. The van der Waals surface area contributed by atoms with Crippen molar-refractivity contribution in [2.75, 3.05) is 0 Å². The van der Waals surface area contributed by atoms with E-state index in [-0.39, 0.29) is 0 Å². The SMILES string of the molecule is CCCC#CCC[C@H]1CCC[C@@H]1C=CCCCCCC. The van der Waals surface area contributed by atoms with Gasteiger partial charge >= 0.3 is 0 Å². The van der Waals surface area contributed by atoms with Crippen LogP contribution in [0.3, 0.4) is 0 Å². The van der Waals surface area contributed by atoms with Crippen LogP contribution in [-0.4, -0.2) is 0 Å². The van der Waals surface area contributed by atoms with Gasteiger partial charge in [-0.15, -0.1) is 11.8 Å².